The highest BCUT2D eigenvalue weighted by Crippen LogP contribution is 2.45. The largest absolute Gasteiger partial charge is 0.370 e. The maximum absolute atomic E-state index is 6.84. The summed E-state index contributed by atoms with van der Waals surface area (Å²) in [4.78, 5) is 10.5. The number of halogens is 1. The van der Waals surface area contributed by atoms with E-state index in [2.05, 4.69) is 69.7 Å². The maximum Gasteiger partial charge on any atom is 0.174 e. The molecule has 0 saturated carbocycles. The van der Waals surface area contributed by atoms with Gasteiger partial charge >= 0.3 is 0 Å². The van der Waals surface area contributed by atoms with E-state index in [4.69, 9.17) is 23.8 Å². The molecule has 2 aliphatic heterocycles. The molecule has 32 heavy (non-hydrogen) atoms. The zero-order valence-corrected chi connectivity index (χ0v) is 20.7. The molecule has 4 heterocycles. The van der Waals surface area contributed by atoms with Crippen LogP contribution in [0.4, 0.5) is 11.4 Å². The van der Waals surface area contributed by atoms with Crippen LogP contribution in [0.15, 0.2) is 54.0 Å². The van der Waals surface area contributed by atoms with Gasteiger partial charge in [-0.3, -0.25) is 4.98 Å². The van der Waals surface area contributed by atoms with Gasteiger partial charge in [0.15, 0.2) is 5.11 Å². The lowest BCUT2D eigenvalue weighted by atomic mass is 9.98. The van der Waals surface area contributed by atoms with Crippen molar-refractivity contribution in [2.75, 3.05) is 22.9 Å². The summed E-state index contributed by atoms with van der Waals surface area (Å²) in [6, 6.07) is 14.6. The Labute approximate surface area is 204 Å². The summed E-state index contributed by atoms with van der Waals surface area (Å²) in [7, 11) is 0. The third-order valence-corrected chi connectivity index (χ3v) is 8.31. The number of anilines is 2. The van der Waals surface area contributed by atoms with E-state index in [1.165, 1.54) is 23.3 Å². The molecule has 0 aliphatic carbocycles. The standard InChI is InChI=1S/C25H27ClN4S2/c1-16-8-12-29(13-9-16)21-7-6-18(15-19(21)26)30-23(24-17(2)10-14-32-24)22(28-25(30)31)20-5-3-4-11-27-20/h3-7,10-11,14-16,22-23H,8-9,12-13H2,1-2H3,(H,28,31)/t22-,23+/m0/s1. The molecule has 0 spiro atoms. The molecule has 5 rings (SSSR count). The Morgan fingerprint density at radius 3 is 2.62 bits per heavy atom. The number of thiophene rings is 1. The summed E-state index contributed by atoms with van der Waals surface area (Å²) in [6.07, 6.45) is 4.26. The normalized spacial score (nSPS) is 21.8. The lowest BCUT2D eigenvalue weighted by molar-refractivity contribution is 0.438. The van der Waals surface area contributed by atoms with Gasteiger partial charge in [-0.1, -0.05) is 24.6 Å². The lowest BCUT2D eigenvalue weighted by Crippen LogP contribution is -2.33. The zero-order chi connectivity index (χ0) is 22.2. The van der Waals surface area contributed by atoms with Crippen LogP contribution in [-0.4, -0.2) is 23.2 Å². The average Bonchev–Trinajstić information content (AvgIpc) is 3.37. The highest BCUT2D eigenvalue weighted by molar-refractivity contribution is 7.80. The number of aromatic nitrogens is 1. The second-order valence-electron chi connectivity index (χ2n) is 8.77. The first-order chi connectivity index (χ1) is 15.5. The minimum absolute atomic E-state index is 0.0233. The fraction of sp³-hybridized carbons (Fsp3) is 0.360. The zero-order valence-electron chi connectivity index (χ0n) is 18.3. The first kappa shape index (κ1) is 21.7. The monoisotopic (exact) mass is 482 g/mol. The van der Waals surface area contributed by atoms with Crippen molar-refractivity contribution in [3.63, 3.8) is 0 Å². The summed E-state index contributed by atoms with van der Waals surface area (Å²) < 4.78 is 0. The molecule has 2 fully saturated rings. The van der Waals surface area contributed by atoms with Crippen LogP contribution >= 0.6 is 35.2 Å². The van der Waals surface area contributed by atoms with Crippen molar-refractivity contribution in [3.8, 4) is 0 Å². The summed E-state index contributed by atoms with van der Waals surface area (Å²) in [5.41, 5.74) is 4.38. The Kier molecular flexibility index (Phi) is 6.10. The summed E-state index contributed by atoms with van der Waals surface area (Å²) in [5.74, 6) is 0.788. The Bertz CT molecular complexity index is 1110. The van der Waals surface area contributed by atoms with Crippen LogP contribution in [0.25, 0.3) is 0 Å². The molecule has 0 bridgehead atoms. The summed E-state index contributed by atoms with van der Waals surface area (Å²) >= 11 is 14.5. The first-order valence-electron chi connectivity index (χ1n) is 11.1. The van der Waals surface area contributed by atoms with Gasteiger partial charge in [-0.15, -0.1) is 11.3 Å². The van der Waals surface area contributed by atoms with E-state index in [0.29, 0.717) is 5.11 Å². The summed E-state index contributed by atoms with van der Waals surface area (Å²) in [6.45, 7) is 6.60. The smallest absolute Gasteiger partial charge is 0.174 e. The molecule has 2 saturated heterocycles. The highest BCUT2D eigenvalue weighted by atomic mass is 35.5. The van der Waals surface area contributed by atoms with E-state index in [0.717, 1.165) is 41.1 Å². The first-order valence-corrected chi connectivity index (χ1v) is 12.8. The van der Waals surface area contributed by atoms with Crippen LogP contribution < -0.4 is 15.1 Å². The van der Waals surface area contributed by atoms with Crippen LogP contribution in [0.2, 0.25) is 5.02 Å². The van der Waals surface area contributed by atoms with Gasteiger partial charge in [-0.25, -0.2) is 0 Å². The topological polar surface area (TPSA) is 31.4 Å². The van der Waals surface area contributed by atoms with Crippen molar-refractivity contribution in [2.45, 2.75) is 38.8 Å². The Hall–Kier alpha value is -2.15. The van der Waals surface area contributed by atoms with Crippen LogP contribution in [0.1, 0.15) is 48.0 Å². The number of pyridine rings is 1. The second kappa shape index (κ2) is 9.00. The summed E-state index contributed by atoms with van der Waals surface area (Å²) in [5, 5.41) is 7.16. The molecule has 1 aromatic carbocycles. The second-order valence-corrected chi connectivity index (χ2v) is 10.5. The molecular weight excluding hydrogens is 456 g/mol. The van der Waals surface area contributed by atoms with Crippen molar-refractivity contribution in [3.05, 3.63) is 75.2 Å². The number of rotatable bonds is 4. The number of benzene rings is 1. The molecule has 7 heteroatoms. The third-order valence-electron chi connectivity index (χ3n) is 6.60. The number of nitrogens with zero attached hydrogens (tertiary/aromatic N) is 3. The van der Waals surface area contributed by atoms with Gasteiger partial charge in [0.2, 0.25) is 0 Å². The highest BCUT2D eigenvalue weighted by Gasteiger charge is 2.42. The number of piperidine rings is 1. The van der Waals surface area contributed by atoms with Gasteiger partial charge in [-0.05, 0) is 85.2 Å². The number of hydrogen-bond acceptors (Lipinski definition) is 4. The number of aryl methyl sites for hydroxylation is 1. The SMILES string of the molecule is Cc1ccsc1[C@H]1[C@H](c2ccccn2)NC(=S)N1c1ccc(N2CCC(C)CC2)c(Cl)c1. The van der Waals surface area contributed by atoms with Gasteiger partial charge < -0.3 is 15.1 Å². The van der Waals surface area contributed by atoms with Gasteiger partial charge in [0.25, 0.3) is 0 Å². The van der Waals surface area contributed by atoms with Crippen molar-refractivity contribution >= 4 is 51.6 Å². The van der Waals surface area contributed by atoms with Crippen LogP contribution in [-0.2, 0) is 0 Å². The van der Waals surface area contributed by atoms with Crippen LogP contribution in [0.3, 0.4) is 0 Å². The van der Waals surface area contributed by atoms with Gasteiger partial charge in [0, 0.05) is 29.9 Å². The molecular formula is C25H27ClN4S2. The van der Waals surface area contributed by atoms with E-state index in [1.54, 1.807) is 11.3 Å². The van der Waals surface area contributed by atoms with E-state index in [9.17, 15) is 0 Å². The molecule has 2 aromatic heterocycles. The van der Waals surface area contributed by atoms with Gasteiger partial charge in [-0.2, -0.15) is 0 Å². The van der Waals surface area contributed by atoms with E-state index in [1.807, 2.05) is 18.3 Å². The fourth-order valence-corrected chi connectivity index (χ4v) is 6.43. The predicted octanol–water partition coefficient (Wildman–Crippen LogP) is 6.52. The molecule has 1 N–H and O–H groups in total. The quantitative estimate of drug-likeness (QED) is 0.428. The van der Waals surface area contributed by atoms with Crippen molar-refractivity contribution in [2.24, 2.45) is 5.92 Å². The minimum Gasteiger partial charge on any atom is -0.370 e. The predicted molar refractivity (Wildman–Crippen MR) is 139 cm³/mol. The Morgan fingerprint density at radius 1 is 1.16 bits per heavy atom. The van der Waals surface area contributed by atoms with Crippen LogP contribution in [0, 0.1) is 12.8 Å². The Balaban J connectivity index is 1.52. The van der Waals surface area contributed by atoms with Crippen LogP contribution in [0.5, 0.6) is 0 Å². The molecule has 0 radical (unpaired) electrons. The van der Waals surface area contributed by atoms with Gasteiger partial charge in [0.1, 0.15) is 0 Å². The van der Waals surface area contributed by atoms with E-state index in [-0.39, 0.29) is 12.1 Å². The molecule has 2 atom stereocenters. The number of hydrogen-bond donors (Lipinski definition) is 1. The maximum atomic E-state index is 6.84. The number of thiocarbonyl (C=S) groups is 1. The number of nitrogens with one attached hydrogen (secondary N) is 1. The van der Waals surface area contributed by atoms with Gasteiger partial charge in [0.05, 0.1) is 28.5 Å². The molecule has 0 amide bonds. The third kappa shape index (κ3) is 4.00. The van der Waals surface area contributed by atoms with Crippen molar-refractivity contribution in [1.82, 2.24) is 10.3 Å². The minimum atomic E-state index is -0.0249. The van der Waals surface area contributed by atoms with E-state index >= 15 is 0 Å². The van der Waals surface area contributed by atoms with Crippen molar-refractivity contribution < 1.29 is 0 Å². The average molecular weight is 483 g/mol. The molecule has 166 valence electrons. The molecule has 4 nitrogen and oxygen atoms in total. The molecule has 0 unspecified atom stereocenters. The van der Waals surface area contributed by atoms with Crippen molar-refractivity contribution in [1.29, 1.82) is 0 Å². The molecule has 3 aromatic rings. The lowest BCUT2D eigenvalue weighted by Gasteiger charge is -2.33. The molecule has 2 aliphatic rings. The fourth-order valence-electron chi connectivity index (χ4n) is 4.74. The van der Waals surface area contributed by atoms with E-state index < -0.39 is 0 Å². The Morgan fingerprint density at radius 2 is 1.97 bits per heavy atom.